The lowest BCUT2D eigenvalue weighted by Crippen LogP contribution is -2.56. The van der Waals surface area contributed by atoms with E-state index in [9.17, 15) is 9.18 Å². The summed E-state index contributed by atoms with van der Waals surface area (Å²) < 4.78 is 19.6. The standard InChI is InChI=1S/C31H48FN3O2/c1-20-12-15-31(19-37-3)22(16-20)5-8-24-25-9-10-27(30(25,2)14-13-26(24)31)29(36)18-35(34)17-21-4-6-23(32)7-11-28(21)33/h4,6-7,11,20,22-27H,5,8-10,12-19,33-34H2,1-3H3/t20-,22+,23?,24-,25?,26?,27+,30-,31+/m0/s1. The smallest absolute Gasteiger partial charge is 0.151 e. The monoisotopic (exact) mass is 513 g/mol. The van der Waals surface area contributed by atoms with Crippen molar-refractivity contribution in [2.75, 3.05) is 26.8 Å². The van der Waals surface area contributed by atoms with Gasteiger partial charge in [-0.2, -0.15) is 0 Å². The fourth-order valence-corrected chi connectivity index (χ4v) is 9.74. The SMILES string of the molecule is COC[C@]12CC[C@H](C)C[C@H]1CC[C@@H]1C2CC[C@@]2(C)C1CC[C@@H]2C(=O)CN(N)CC1=C(N)C=CC(F)C=C1. The molecular formula is C31H48FN3O2. The second-order valence-corrected chi connectivity index (χ2v) is 13.4. The Balaban J connectivity index is 1.28. The van der Waals surface area contributed by atoms with Crippen molar-refractivity contribution in [3.63, 3.8) is 0 Å². The van der Waals surface area contributed by atoms with E-state index in [-0.39, 0.29) is 23.7 Å². The van der Waals surface area contributed by atoms with E-state index in [1.54, 1.807) is 17.2 Å². The van der Waals surface area contributed by atoms with Gasteiger partial charge >= 0.3 is 0 Å². The maximum Gasteiger partial charge on any atom is 0.151 e. The Morgan fingerprint density at radius 3 is 2.68 bits per heavy atom. The zero-order chi connectivity index (χ0) is 26.4. The second kappa shape index (κ2) is 10.6. The number of carbonyl (C=O) groups is 1. The molecule has 5 rings (SSSR count). The van der Waals surface area contributed by atoms with Crippen molar-refractivity contribution in [3.8, 4) is 0 Å². The van der Waals surface area contributed by atoms with Crippen LogP contribution in [0.1, 0.15) is 71.6 Å². The summed E-state index contributed by atoms with van der Waals surface area (Å²) in [6.07, 6.45) is 16.2. The Morgan fingerprint density at radius 2 is 1.89 bits per heavy atom. The highest BCUT2D eigenvalue weighted by atomic mass is 19.1. The number of ether oxygens (including phenoxy) is 1. The Morgan fingerprint density at radius 1 is 1.11 bits per heavy atom. The largest absolute Gasteiger partial charge is 0.398 e. The number of Topliss-reactive ketones (excluding diaryl/α,β-unsaturated/α-hetero) is 1. The van der Waals surface area contributed by atoms with E-state index >= 15 is 0 Å². The van der Waals surface area contributed by atoms with Gasteiger partial charge in [-0.1, -0.05) is 26.3 Å². The Bertz CT molecular complexity index is 962. The number of carbonyl (C=O) groups excluding carboxylic acids is 1. The van der Waals surface area contributed by atoms with Gasteiger partial charge < -0.3 is 10.5 Å². The summed E-state index contributed by atoms with van der Waals surface area (Å²) in [5, 5.41) is 1.56. The predicted molar refractivity (Wildman–Crippen MR) is 146 cm³/mol. The van der Waals surface area contributed by atoms with Crippen molar-refractivity contribution in [3.05, 3.63) is 35.6 Å². The van der Waals surface area contributed by atoms with Crippen LogP contribution >= 0.6 is 0 Å². The molecule has 206 valence electrons. The highest BCUT2D eigenvalue weighted by molar-refractivity contribution is 5.84. The minimum atomic E-state index is -1.15. The van der Waals surface area contributed by atoms with Crippen LogP contribution in [0.5, 0.6) is 0 Å². The number of hydrogen-bond donors (Lipinski definition) is 2. The Hall–Kier alpha value is -1.50. The van der Waals surface area contributed by atoms with Crippen LogP contribution in [0.2, 0.25) is 0 Å². The van der Waals surface area contributed by atoms with Crippen molar-refractivity contribution in [1.82, 2.24) is 5.01 Å². The number of allylic oxidation sites excluding steroid dienone is 3. The highest BCUT2D eigenvalue weighted by Gasteiger charge is 2.62. The molecular weight excluding hydrogens is 465 g/mol. The summed E-state index contributed by atoms with van der Waals surface area (Å²) >= 11 is 0. The van der Waals surface area contributed by atoms with E-state index in [0.29, 0.717) is 29.5 Å². The van der Waals surface area contributed by atoms with Crippen LogP contribution in [0.3, 0.4) is 0 Å². The maximum atomic E-state index is 13.7. The number of hydrazine groups is 1. The molecule has 0 aromatic carbocycles. The van der Waals surface area contributed by atoms with E-state index in [2.05, 4.69) is 13.8 Å². The average molecular weight is 514 g/mol. The molecule has 0 radical (unpaired) electrons. The number of alkyl halides is 1. The number of nitrogens with two attached hydrogens (primary N) is 2. The third-order valence-electron chi connectivity index (χ3n) is 11.5. The van der Waals surface area contributed by atoms with Crippen molar-refractivity contribution < 1.29 is 13.9 Å². The first-order valence-corrected chi connectivity index (χ1v) is 14.7. The van der Waals surface area contributed by atoms with Gasteiger partial charge in [0.05, 0.1) is 13.2 Å². The number of fused-ring (bicyclic) bond motifs is 5. The fraction of sp³-hybridized carbons (Fsp3) is 0.774. The van der Waals surface area contributed by atoms with Crippen molar-refractivity contribution in [2.45, 2.75) is 77.8 Å². The van der Waals surface area contributed by atoms with Gasteiger partial charge in [-0.25, -0.2) is 9.40 Å². The number of hydrogen-bond acceptors (Lipinski definition) is 5. The van der Waals surface area contributed by atoms with Gasteiger partial charge in [-0.3, -0.25) is 10.6 Å². The van der Waals surface area contributed by atoms with Gasteiger partial charge in [0.1, 0.15) is 6.17 Å². The third-order valence-corrected chi connectivity index (χ3v) is 11.5. The number of rotatable bonds is 7. The van der Waals surface area contributed by atoms with Crippen LogP contribution in [0, 0.1) is 46.3 Å². The van der Waals surface area contributed by atoms with Gasteiger partial charge in [0.25, 0.3) is 0 Å². The molecule has 4 N–H and O–H groups in total. The number of nitrogens with zero attached hydrogens (tertiary/aromatic N) is 1. The predicted octanol–water partition coefficient (Wildman–Crippen LogP) is 5.33. The summed E-state index contributed by atoms with van der Waals surface area (Å²) in [5.74, 6) is 10.4. The number of methoxy groups -OCH3 is 1. The van der Waals surface area contributed by atoms with Crippen molar-refractivity contribution >= 4 is 5.78 Å². The lowest BCUT2D eigenvalue weighted by Gasteiger charge is -2.62. The lowest BCUT2D eigenvalue weighted by molar-refractivity contribution is -0.154. The van der Waals surface area contributed by atoms with Crippen LogP contribution in [0.15, 0.2) is 35.6 Å². The average Bonchev–Trinajstić information content (AvgIpc) is 3.14. The first kappa shape index (κ1) is 27.1. The number of halogens is 1. The molecule has 3 unspecified atom stereocenters. The molecule has 0 heterocycles. The summed E-state index contributed by atoms with van der Waals surface area (Å²) in [6.45, 7) is 6.29. The quantitative estimate of drug-likeness (QED) is 0.355. The molecule has 4 saturated carbocycles. The molecule has 5 aliphatic rings. The van der Waals surface area contributed by atoms with Crippen LogP contribution in [-0.2, 0) is 9.53 Å². The van der Waals surface area contributed by atoms with Crippen LogP contribution < -0.4 is 11.6 Å². The summed E-state index contributed by atoms with van der Waals surface area (Å²) in [7, 11) is 1.89. The maximum absolute atomic E-state index is 13.7. The molecule has 5 nitrogen and oxygen atoms in total. The molecule has 0 amide bonds. The van der Waals surface area contributed by atoms with E-state index < -0.39 is 6.17 Å². The van der Waals surface area contributed by atoms with Gasteiger partial charge in [0.15, 0.2) is 5.78 Å². The molecule has 0 saturated heterocycles. The first-order chi connectivity index (χ1) is 17.7. The first-order valence-electron chi connectivity index (χ1n) is 14.7. The Kier molecular flexibility index (Phi) is 7.74. The van der Waals surface area contributed by atoms with E-state index in [0.717, 1.165) is 49.2 Å². The molecule has 6 heteroatoms. The fourth-order valence-electron chi connectivity index (χ4n) is 9.74. The summed E-state index contributed by atoms with van der Waals surface area (Å²) in [4.78, 5) is 13.7. The summed E-state index contributed by atoms with van der Waals surface area (Å²) in [6, 6.07) is 0. The molecule has 37 heavy (non-hydrogen) atoms. The third kappa shape index (κ3) is 4.87. The van der Waals surface area contributed by atoms with Gasteiger partial charge in [-0.15, -0.1) is 0 Å². The number of ketones is 1. The van der Waals surface area contributed by atoms with Gasteiger partial charge in [0.2, 0.25) is 0 Å². The minimum Gasteiger partial charge on any atom is -0.398 e. The van der Waals surface area contributed by atoms with E-state index in [4.69, 9.17) is 16.3 Å². The molecule has 0 aliphatic heterocycles. The molecule has 0 aromatic rings. The highest BCUT2D eigenvalue weighted by Crippen LogP contribution is 2.68. The topological polar surface area (TPSA) is 81.6 Å². The zero-order valence-corrected chi connectivity index (χ0v) is 23.1. The Labute approximate surface area is 222 Å². The molecule has 0 bridgehead atoms. The minimum absolute atomic E-state index is 0.0624. The normalized spacial score (nSPS) is 43.4. The van der Waals surface area contributed by atoms with Crippen LogP contribution in [-0.4, -0.2) is 43.8 Å². The molecule has 5 aliphatic carbocycles. The van der Waals surface area contributed by atoms with Gasteiger partial charge in [0, 0.05) is 25.3 Å². The lowest BCUT2D eigenvalue weighted by atomic mass is 9.44. The molecule has 0 aromatic heterocycles. The summed E-state index contributed by atoms with van der Waals surface area (Å²) in [5.41, 5.74) is 7.76. The second-order valence-electron chi connectivity index (χ2n) is 13.4. The molecule has 9 atom stereocenters. The van der Waals surface area contributed by atoms with E-state index in [1.807, 2.05) is 7.11 Å². The molecule has 4 fully saturated rings. The van der Waals surface area contributed by atoms with Gasteiger partial charge in [-0.05, 0) is 116 Å². The van der Waals surface area contributed by atoms with E-state index in [1.165, 1.54) is 50.7 Å². The van der Waals surface area contributed by atoms with Crippen molar-refractivity contribution in [1.29, 1.82) is 0 Å². The van der Waals surface area contributed by atoms with Crippen LogP contribution in [0.25, 0.3) is 0 Å². The van der Waals surface area contributed by atoms with Crippen molar-refractivity contribution in [2.24, 2.45) is 57.9 Å². The van der Waals surface area contributed by atoms with Crippen LogP contribution in [0.4, 0.5) is 4.39 Å². The molecule has 0 spiro atoms. The zero-order valence-electron chi connectivity index (χ0n) is 23.1.